The lowest BCUT2D eigenvalue weighted by atomic mass is 9.91. The number of aryl methyl sites for hydroxylation is 1. The number of anilines is 3. The van der Waals surface area contributed by atoms with E-state index in [4.69, 9.17) is 23.8 Å². The van der Waals surface area contributed by atoms with Crippen LogP contribution in [0.5, 0.6) is 0 Å². The van der Waals surface area contributed by atoms with Crippen LogP contribution in [0.15, 0.2) is 24.3 Å². The first-order valence-electron chi connectivity index (χ1n) is 9.62. The second-order valence-corrected chi connectivity index (χ2v) is 8.29. The van der Waals surface area contributed by atoms with Crippen LogP contribution >= 0.6 is 23.8 Å². The maximum absolute atomic E-state index is 13.3. The van der Waals surface area contributed by atoms with Crippen molar-refractivity contribution in [2.75, 3.05) is 29.6 Å². The summed E-state index contributed by atoms with van der Waals surface area (Å²) in [5.41, 5.74) is 0.667. The monoisotopic (exact) mass is 436 g/mol. The molecule has 1 heterocycles. The molecule has 3 rings (SSSR count). The molecular weight excluding hydrogens is 411 g/mol. The molecule has 0 spiro atoms. The van der Waals surface area contributed by atoms with Crippen molar-refractivity contribution in [3.8, 4) is 0 Å². The van der Waals surface area contributed by atoms with E-state index in [0.29, 0.717) is 22.9 Å². The Bertz CT molecular complexity index is 870. The Labute approximate surface area is 181 Å². The van der Waals surface area contributed by atoms with Crippen molar-refractivity contribution >= 4 is 46.3 Å². The second kappa shape index (κ2) is 9.54. The molecular formula is C20H26ClFN6S. The Morgan fingerprint density at radius 3 is 2.48 bits per heavy atom. The van der Waals surface area contributed by atoms with Crippen molar-refractivity contribution in [2.45, 2.75) is 44.7 Å². The molecule has 0 aliphatic heterocycles. The molecule has 1 aromatic heterocycles. The summed E-state index contributed by atoms with van der Waals surface area (Å²) < 4.78 is 13.3. The van der Waals surface area contributed by atoms with E-state index in [0.717, 1.165) is 43.1 Å². The number of thiocarbonyl (C=S) groups is 1. The molecule has 156 valence electrons. The maximum Gasteiger partial charge on any atom is 0.170 e. The van der Waals surface area contributed by atoms with Gasteiger partial charge in [0.1, 0.15) is 23.3 Å². The third-order valence-electron chi connectivity index (χ3n) is 4.87. The number of rotatable bonds is 5. The number of nitrogens with one attached hydrogen (secondary N) is 3. The standard InChI is InChI=1S/C20H26ClFN6S/c1-12-23-18(11-19(24-12)28(2)3)25-13-4-6-14(7-5-13)26-20(29)27-15-8-9-17(22)16(21)10-15/h8-11,13-14H,4-7H2,1-3H3,(H,23,24,25)(H2,26,27,29). The number of aromatic nitrogens is 2. The van der Waals surface area contributed by atoms with Crippen LogP contribution in [0.1, 0.15) is 31.5 Å². The summed E-state index contributed by atoms with van der Waals surface area (Å²) in [6.45, 7) is 1.90. The van der Waals surface area contributed by atoms with Crippen molar-refractivity contribution in [2.24, 2.45) is 0 Å². The molecule has 0 radical (unpaired) electrons. The van der Waals surface area contributed by atoms with Crippen LogP contribution in [0.3, 0.4) is 0 Å². The predicted octanol–water partition coefficient (Wildman–Crippen LogP) is 4.35. The summed E-state index contributed by atoms with van der Waals surface area (Å²) in [7, 11) is 3.94. The van der Waals surface area contributed by atoms with Gasteiger partial charge in [0.05, 0.1) is 5.02 Å². The molecule has 3 N–H and O–H groups in total. The van der Waals surface area contributed by atoms with Crippen LogP contribution in [0.4, 0.5) is 21.7 Å². The smallest absolute Gasteiger partial charge is 0.170 e. The van der Waals surface area contributed by atoms with Gasteiger partial charge in [-0.3, -0.25) is 0 Å². The third-order valence-corrected chi connectivity index (χ3v) is 5.38. The number of hydrogen-bond donors (Lipinski definition) is 3. The van der Waals surface area contributed by atoms with Crippen molar-refractivity contribution < 1.29 is 4.39 Å². The zero-order chi connectivity index (χ0) is 21.0. The van der Waals surface area contributed by atoms with Gasteiger partial charge in [-0.15, -0.1) is 0 Å². The van der Waals surface area contributed by atoms with Gasteiger partial charge < -0.3 is 20.9 Å². The summed E-state index contributed by atoms with van der Waals surface area (Å²) >= 11 is 11.2. The molecule has 0 saturated heterocycles. The Balaban J connectivity index is 1.48. The van der Waals surface area contributed by atoms with Crippen LogP contribution in [0.25, 0.3) is 0 Å². The highest BCUT2D eigenvalue weighted by atomic mass is 35.5. The molecule has 1 aromatic carbocycles. The Kier molecular flexibility index (Phi) is 7.08. The van der Waals surface area contributed by atoms with Gasteiger partial charge >= 0.3 is 0 Å². The highest BCUT2D eigenvalue weighted by Gasteiger charge is 2.22. The zero-order valence-electron chi connectivity index (χ0n) is 16.8. The molecule has 0 amide bonds. The van der Waals surface area contributed by atoms with E-state index in [2.05, 4.69) is 25.9 Å². The van der Waals surface area contributed by atoms with Crippen LogP contribution in [0.2, 0.25) is 5.02 Å². The average molecular weight is 437 g/mol. The van der Waals surface area contributed by atoms with Crippen LogP contribution < -0.4 is 20.9 Å². The third kappa shape index (κ3) is 6.14. The highest BCUT2D eigenvalue weighted by molar-refractivity contribution is 7.80. The SMILES string of the molecule is Cc1nc(NC2CCC(NC(=S)Nc3ccc(F)c(Cl)c3)CC2)cc(N(C)C)n1. The molecule has 0 unspecified atom stereocenters. The lowest BCUT2D eigenvalue weighted by Crippen LogP contribution is -2.42. The minimum atomic E-state index is -0.446. The van der Waals surface area contributed by atoms with Gasteiger partial charge in [0.15, 0.2) is 5.11 Å². The molecule has 1 fully saturated rings. The van der Waals surface area contributed by atoms with E-state index in [-0.39, 0.29) is 5.02 Å². The topological polar surface area (TPSA) is 65.1 Å². The van der Waals surface area contributed by atoms with Crippen LogP contribution in [-0.4, -0.2) is 41.3 Å². The molecule has 1 aliphatic carbocycles. The number of benzene rings is 1. The van der Waals surface area contributed by atoms with Crippen molar-refractivity contribution in [1.29, 1.82) is 0 Å². The first-order chi connectivity index (χ1) is 13.8. The fraction of sp³-hybridized carbons (Fsp3) is 0.450. The van der Waals surface area contributed by atoms with Gasteiger partial charge in [-0.2, -0.15) is 0 Å². The number of halogens is 2. The zero-order valence-corrected chi connectivity index (χ0v) is 18.4. The molecule has 29 heavy (non-hydrogen) atoms. The van der Waals surface area contributed by atoms with Gasteiger partial charge in [0.2, 0.25) is 0 Å². The summed E-state index contributed by atoms with van der Waals surface area (Å²) in [5.74, 6) is 2.07. The summed E-state index contributed by atoms with van der Waals surface area (Å²) in [6, 6.07) is 7.10. The Hall–Kier alpha value is -2.19. The summed E-state index contributed by atoms with van der Waals surface area (Å²) in [4.78, 5) is 10.9. The minimum absolute atomic E-state index is 0.0711. The van der Waals surface area contributed by atoms with E-state index in [1.54, 1.807) is 6.07 Å². The number of hydrogen-bond acceptors (Lipinski definition) is 5. The molecule has 0 bridgehead atoms. The van der Waals surface area contributed by atoms with E-state index in [9.17, 15) is 4.39 Å². The van der Waals surface area contributed by atoms with Crippen molar-refractivity contribution in [3.63, 3.8) is 0 Å². The van der Waals surface area contributed by atoms with Crippen LogP contribution in [0, 0.1) is 12.7 Å². The minimum Gasteiger partial charge on any atom is -0.367 e. The quantitative estimate of drug-likeness (QED) is 0.602. The molecule has 0 atom stereocenters. The first-order valence-corrected chi connectivity index (χ1v) is 10.4. The summed E-state index contributed by atoms with van der Waals surface area (Å²) in [6.07, 6.45) is 4.02. The largest absolute Gasteiger partial charge is 0.367 e. The van der Waals surface area contributed by atoms with E-state index < -0.39 is 5.82 Å². The van der Waals surface area contributed by atoms with Gasteiger partial charge in [-0.1, -0.05) is 11.6 Å². The Morgan fingerprint density at radius 2 is 1.83 bits per heavy atom. The first kappa shape index (κ1) is 21.5. The highest BCUT2D eigenvalue weighted by Crippen LogP contribution is 2.24. The van der Waals surface area contributed by atoms with Gasteiger partial charge in [0.25, 0.3) is 0 Å². The number of nitrogens with zero attached hydrogens (tertiary/aromatic N) is 3. The lowest BCUT2D eigenvalue weighted by Gasteiger charge is -2.31. The fourth-order valence-corrected chi connectivity index (χ4v) is 3.84. The predicted molar refractivity (Wildman–Crippen MR) is 122 cm³/mol. The fourth-order valence-electron chi connectivity index (χ4n) is 3.37. The summed E-state index contributed by atoms with van der Waals surface area (Å²) in [5, 5.41) is 10.5. The lowest BCUT2D eigenvalue weighted by molar-refractivity contribution is 0.388. The second-order valence-electron chi connectivity index (χ2n) is 7.47. The molecule has 6 nitrogen and oxygen atoms in total. The van der Waals surface area contributed by atoms with Crippen molar-refractivity contribution in [3.05, 3.63) is 40.9 Å². The molecule has 2 aromatic rings. The Morgan fingerprint density at radius 1 is 1.14 bits per heavy atom. The average Bonchev–Trinajstić information content (AvgIpc) is 2.66. The molecule has 1 saturated carbocycles. The normalized spacial score (nSPS) is 18.8. The van der Waals surface area contributed by atoms with Gasteiger partial charge in [-0.25, -0.2) is 14.4 Å². The maximum atomic E-state index is 13.3. The van der Waals surface area contributed by atoms with Gasteiger partial charge in [-0.05, 0) is 63.0 Å². The van der Waals surface area contributed by atoms with E-state index in [1.165, 1.54) is 12.1 Å². The molecule has 1 aliphatic rings. The molecule has 9 heteroatoms. The van der Waals surface area contributed by atoms with E-state index >= 15 is 0 Å². The van der Waals surface area contributed by atoms with E-state index in [1.807, 2.05) is 32.0 Å². The van der Waals surface area contributed by atoms with Crippen LogP contribution in [-0.2, 0) is 0 Å². The van der Waals surface area contributed by atoms with Gasteiger partial charge in [0, 0.05) is 37.9 Å². The van der Waals surface area contributed by atoms with Crippen molar-refractivity contribution in [1.82, 2.24) is 15.3 Å².